The van der Waals surface area contributed by atoms with Crippen LogP contribution in [0.1, 0.15) is 39.5 Å². The second-order valence-electron chi connectivity index (χ2n) is 4.40. The highest BCUT2D eigenvalue weighted by molar-refractivity contribution is 8.00. The molecule has 0 saturated heterocycles. The molecular weight excluding hydrogens is 206 g/mol. The highest BCUT2D eigenvalue weighted by Gasteiger charge is 2.20. The van der Waals surface area contributed by atoms with Crippen molar-refractivity contribution in [1.29, 1.82) is 0 Å². The third kappa shape index (κ3) is 4.74. The Labute approximate surface area is 96.9 Å². The molecule has 2 nitrogen and oxygen atoms in total. The molecule has 15 heavy (non-hydrogen) atoms. The van der Waals surface area contributed by atoms with Gasteiger partial charge in [0, 0.05) is 11.8 Å². The standard InChI is InChI=1S/C12H21NOS/c1-9(2)8-15-10(3)12(14)13-11-6-4-5-7-11/h10-11H,1,4-8H2,2-3H3,(H,13,14). The number of amides is 1. The summed E-state index contributed by atoms with van der Waals surface area (Å²) in [6.45, 7) is 7.80. The Balaban J connectivity index is 2.22. The molecule has 0 bridgehead atoms. The van der Waals surface area contributed by atoms with Gasteiger partial charge in [0.05, 0.1) is 5.25 Å². The van der Waals surface area contributed by atoms with E-state index in [0.29, 0.717) is 6.04 Å². The highest BCUT2D eigenvalue weighted by Crippen LogP contribution is 2.19. The molecule has 86 valence electrons. The molecule has 0 radical (unpaired) electrons. The van der Waals surface area contributed by atoms with Crippen LogP contribution in [0.4, 0.5) is 0 Å². The first-order chi connectivity index (χ1) is 7.09. The van der Waals surface area contributed by atoms with Gasteiger partial charge >= 0.3 is 0 Å². The van der Waals surface area contributed by atoms with Crippen molar-refractivity contribution in [1.82, 2.24) is 5.32 Å². The fourth-order valence-corrected chi connectivity index (χ4v) is 2.49. The maximum absolute atomic E-state index is 11.7. The zero-order valence-corrected chi connectivity index (χ0v) is 10.5. The van der Waals surface area contributed by atoms with Crippen molar-refractivity contribution in [2.75, 3.05) is 5.75 Å². The van der Waals surface area contributed by atoms with E-state index in [9.17, 15) is 4.79 Å². The fourth-order valence-electron chi connectivity index (χ4n) is 1.73. The van der Waals surface area contributed by atoms with Crippen LogP contribution >= 0.6 is 11.8 Å². The predicted octanol–water partition coefficient (Wildman–Crippen LogP) is 2.74. The van der Waals surface area contributed by atoms with Crippen LogP contribution in [0.25, 0.3) is 0 Å². The van der Waals surface area contributed by atoms with E-state index in [1.165, 1.54) is 12.8 Å². The molecule has 1 atom stereocenters. The van der Waals surface area contributed by atoms with Crippen LogP contribution in [0, 0.1) is 0 Å². The lowest BCUT2D eigenvalue weighted by Gasteiger charge is -2.16. The average Bonchev–Trinajstić information content (AvgIpc) is 2.66. The maximum atomic E-state index is 11.7. The summed E-state index contributed by atoms with van der Waals surface area (Å²) >= 11 is 1.66. The van der Waals surface area contributed by atoms with Crippen molar-refractivity contribution in [3.63, 3.8) is 0 Å². The lowest BCUT2D eigenvalue weighted by Crippen LogP contribution is -2.37. The second-order valence-corrected chi connectivity index (χ2v) is 5.73. The Hall–Kier alpha value is -0.440. The average molecular weight is 227 g/mol. The molecule has 0 aromatic heterocycles. The Morgan fingerprint density at radius 2 is 2.13 bits per heavy atom. The first-order valence-corrected chi connectivity index (χ1v) is 6.71. The van der Waals surface area contributed by atoms with Gasteiger partial charge in [0.2, 0.25) is 5.91 Å². The summed E-state index contributed by atoms with van der Waals surface area (Å²) in [6, 6.07) is 0.436. The van der Waals surface area contributed by atoms with Gasteiger partial charge in [0.15, 0.2) is 0 Å². The van der Waals surface area contributed by atoms with Crippen molar-refractivity contribution >= 4 is 17.7 Å². The van der Waals surface area contributed by atoms with Crippen LogP contribution in [-0.4, -0.2) is 23.0 Å². The summed E-state index contributed by atoms with van der Waals surface area (Å²) in [5.41, 5.74) is 1.13. The molecule has 3 heteroatoms. The van der Waals surface area contributed by atoms with Crippen LogP contribution in [0.15, 0.2) is 12.2 Å². The maximum Gasteiger partial charge on any atom is 0.233 e. The van der Waals surface area contributed by atoms with E-state index in [4.69, 9.17) is 0 Å². The van der Waals surface area contributed by atoms with E-state index >= 15 is 0 Å². The summed E-state index contributed by atoms with van der Waals surface area (Å²) in [5, 5.41) is 3.16. The molecule has 1 amide bonds. The number of carbonyl (C=O) groups is 1. The lowest BCUT2D eigenvalue weighted by molar-refractivity contribution is -0.120. The van der Waals surface area contributed by atoms with Crippen LogP contribution in [-0.2, 0) is 4.79 Å². The van der Waals surface area contributed by atoms with Gasteiger partial charge in [-0.2, -0.15) is 0 Å². The Morgan fingerprint density at radius 1 is 1.53 bits per heavy atom. The second kappa shape index (κ2) is 6.21. The molecule has 1 rings (SSSR count). The van der Waals surface area contributed by atoms with E-state index in [0.717, 1.165) is 24.2 Å². The van der Waals surface area contributed by atoms with Crippen LogP contribution < -0.4 is 5.32 Å². The molecule has 1 aliphatic rings. The summed E-state index contributed by atoms with van der Waals surface area (Å²) in [6.07, 6.45) is 4.84. The first kappa shape index (κ1) is 12.6. The van der Waals surface area contributed by atoms with Gasteiger partial charge < -0.3 is 5.32 Å². The Morgan fingerprint density at radius 3 is 2.67 bits per heavy atom. The van der Waals surface area contributed by atoms with Crippen molar-refractivity contribution in [3.05, 3.63) is 12.2 Å². The minimum atomic E-state index is 0.0438. The summed E-state index contributed by atoms with van der Waals surface area (Å²) < 4.78 is 0. The molecule has 0 aliphatic heterocycles. The third-order valence-electron chi connectivity index (χ3n) is 2.65. The van der Waals surface area contributed by atoms with E-state index in [-0.39, 0.29) is 11.2 Å². The minimum Gasteiger partial charge on any atom is -0.352 e. The predicted molar refractivity (Wildman–Crippen MR) is 67.1 cm³/mol. The Bertz CT molecular complexity index is 234. The van der Waals surface area contributed by atoms with Crippen molar-refractivity contribution in [3.8, 4) is 0 Å². The first-order valence-electron chi connectivity index (χ1n) is 5.66. The monoisotopic (exact) mass is 227 g/mol. The van der Waals surface area contributed by atoms with Crippen molar-refractivity contribution in [2.45, 2.75) is 50.8 Å². The summed E-state index contributed by atoms with van der Waals surface area (Å²) in [7, 11) is 0. The molecule has 0 aromatic carbocycles. The molecular formula is C12H21NOS. The SMILES string of the molecule is C=C(C)CSC(C)C(=O)NC1CCCC1. The number of carbonyl (C=O) groups excluding carboxylic acids is 1. The topological polar surface area (TPSA) is 29.1 Å². The smallest absolute Gasteiger partial charge is 0.233 e. The number of hydrogen-bond donors (Lipinski definition) is 1. The molecule has 0 aromatic rings. The lowest BCUT2D eigenvalue weighted by atomic mass is 10.2. The largest absolute Gasteiger partial charge is 0.352 e. The van der Waals surface area contributed by atoms with E-state index in [1.54, 1.807) is 11.8 Å². The fraction of sp³-hybridized carbons (Fsp3) is 0.750. The number of thioether (sulfide) groups is 1. The van der Waals surface area contributed by atoms with Gasteiger partial charge in [0.1, 0.15) is 0 Å². The quantitative estimate of drug-likeness (QED) is 0.732. The Kier molecular flexibility index (Phi) is 5.23. The van der Waals surface area contributed by atoms with Gasteiger partial charge in [-0.05, 0) is 26.7 Å². The molecule has 0 spiro atoms. The van der Waals surface area contributed by atoms with Gasteiger partial charge in [-0.1, -0.05) is 25.0 Å². The minimum absolute atomic E-state index is 0.0438. The van der Waals surface area contributed by atoms with E-state index in [1.807, 2.05) is 13.8 Å². The van der Waals surface area contributed by atoms with Gasteiger partial charge in [-0.3, -0.25) is 4.79 Å². The third-order valence-corrected chi connectivity index (χ3v) is 4.02. The van der Waals surface area contributed by atoms with Crippen molar-refractivity contribution < 1.29 is 4.79 Å². The zero-order chi connectivity index (χ0) is 11.3. The van der Waals surface area contributed by atoms with E-state index < -0.39 is 0 Å². The summed E-state index contributed by atoms with van der Waals surface area (Å²) in [5.74, 6) is 1.06. The number of hydrogen-bond acceptors (Lipinski definition) is 2. The number of rotatable bonds is 5. The van der Waals surface area contributed by atoms with Gasteiger partial charge in [-0.15, -0.1) is 11.8 Å². The molecule has 0 heterocycles. The molecule has 1 N–H and O–H groups in total. The highest BCUT2D eigenvalue weighted by atomic mass is 32.2. The van der Waals surface area contributed by atoms with Crippen LogP contribution in [0.2, 0.25) is 0 Å². The van der Waals surface area contributed by atoms with Crippen molar-refractivity contribution in [2.24, 2.45) is 0 Å². The van der Waals surface area contributed by atoms with Crippen LogP contribution in [0.5, 0.6) is 0 Å². The normalized spacial score (nSPS) is 18.8. The van der Waals surface area contributed by atoms with Gasteiger partial charge in [0.25, 0.3) is 0 Å². The summed E-state index contributed by atoms with van der Waals surface area (Å²) in [4.78, 5) is 11.7. The zero-order valence-electron chi connectivity index (χ0n) is 9.71. The van der Waals surface area contributed by atoms with E-state index in [2.05, 4.69) is 11.9 Å². The van der Waals surface area contributed by atoms with Gasteiger partial charge in [-0.25, -0.2) is 0 Å². The molecule has 1 fully saturated rings. The number of nitrogens with one attached hydrogen (secondary N) is 1. The molecule has 1 unspecified atom stereocenters. The molecule has 1 saturated carbocycles. The van der Waals surface area contributed by atoms with Crippen LogP contribution in [0.3, 0.4) is 0 Å². The molecule has 1 aliphatic carbocycles.